The zero-order valence-corrected chi connectivity index (χ0v) is 14.2. The summed E-state index contributed by atoms with van der Waals surface area (Å²) in [4.78, 5) is 24.7. The van der Waals surface area contributed by atoms with Crippen LogP contribution in [-0.4, -0.2) is 32.1 Å². The van der Waals surface area contributed by atoms with Crippen molar-refractivity contribution in [1.82, 2.24) is 0 Å². The van der Waals surface area contributed by atoms with Gasteiger partial charge in [0.15, 0.2) is 6.10 Å². The minimum absolute atomic E-state index is 0.238. The summed E-state index contributed by atoms with van der Waals surface area (Å²) in [5.74, 6) is 0.0137. The van der Waals surface area contributed by atoms with Gasteiger partial charge in [0.05, 0.1) is 14.2 Å². The number of hydrogen-bond donors (Lipinski definition) is 0. The lowest BCUT2D eigenvalue weighted by Crippen LogP contribution is -2.24. The highest BCUT2D eigenvalue weighted by Gasteiger charge is 2.22. The van der Waals surface area contributed by atoms with E-state index in [1.165, 1.54) is 14.2 Å². The van der Waals surface area contributed by atoms with Crippen LogP contribution in [0, 0.1) is 6.92 Å². The largest absolute Gasteiger partial charge is 0.497 e. The molecule has 1 atom stereocenters. The van der Waals surface area contributed by atoms with Crippen LogP contribution in [0.15, 0.2) is 42.5 Å². The maximum absolute atomic E-state index is 12.3. The van der Waals surface area contributed by atoms with E-state index in [2.05, 4.69) is 0 Å². The van der Waals surface area contributed by atoms with E-state index in [0.717, 1.165) is 5.56 Å². The van der Waals surface area contributed by atoms with Crippen LogP contribution in [0.1, 0.15) is 33.2 Å². The van der Waals surface area contributed by atoms with Gasteiger partial charge in [-0.05, 0) is 26.0 Å². The van der Waals surface area contributed by atoms with Gasteiger partial charge in [0.1, 0.15) is 17.1 Å². The molecule has 0 bridgehead atoms. The Morgan fingerprint density at radius 1 is 0.958 bits per heavy atom. The van der Waals surface area contributed by atoms with Gasteiger partial charge in [-0.2, -0.15) is 0 Å². The summed E-state index contributed by atoms with van der Waals surface area (Å²) in [6, 6.07) is 11.9. The van der Waals surface area contributed by atoms with Crippen molar-refractivity contribution in [3.05, 3.63) is 59.2 Å². The molecule has 0 heterocycles. The molecule has 0 saturated heterocycles. The highest BCUT2D eigenvalue weighted by molar-refractivity contribution is 6.01. The van der Waals surface area contributed by atoms with E-state index in [1.807, 2.05) is 19.1 Å². The number of carbonyl (C=O) groups is 2. The number of esters is 1. The van der Waals surface area contributed by atoms with Gasteiger partial charge in [-0.3, -0.25) is 4.79 Å². The summed E-state index contributed by atoms with van der Waals surface area (Å²) in [6.07, 6.45) is -0.896. The number of carbonyl (C=O) groups excluding carboxylic acids is 2. The Bertz CT molecular complexity index is 734. The first-order chi connectivity index (χ1) is 11.5. The van der Waals surface area contributed by atoms with Crippen molar-refractivity contribution in [2.75, 3.05) is 14.2 Å². The molecule has 0 spiro atoms. The Morgan fingerprint density at radius 2 is 1.62 bits per heavy atom. The van der Waals surface area contributed by atoms with Gasteiger partial charge in [-0.15, -0.1) is 0 Å². The van der Waals surface area contributed by atoms with E-state index in [4.69, 9.17) is 14.2 Å². The average molecular weight is 328 g/mol. The predicted molar refractivity (Wildman–Crippen MR) is 89.9 cm³/mol. The second-order valence-electron chi connectivity index (χ2n) is 5.34. The first-order valence-corrected chi connectivity index (χ1v) is 7.50. The van der Waals surface area contributed by atoms with Crippen LogP contribution in [0.3, 0.4) is 0 Å². The second-order valence-corrected chi connectivity index (χ2v) is 5.34. The third kappa shape index (κ3) is 3.93. The molecule has 0 aromatic heterocycles. The summed E-state index contributed by atoms with van der Waals surface area (Å²) in [5, 5.41) is 0. The summed E-state index contributed by atoms with van der Waals surface area (Å²) in [7, 11) is 2.97. The Labute approximate surface area is 141 Å². The molecule has 0 aliphatic heterocycles. The van der Waals surface area contributed by atoms with Crippen LogP contribution in [0.4, 0.5) is 0 Å². The zero-order valence-electron chi connectivity index (χ0n) is 14.2. The molecule has 0 aliphatic rings. The lowest BCUT2D eigenvalue weighted by molar-refractivity contribution is 0.0316. The molecule has 2 rings (SSSR count). The van der Waals surface area contributed by atoms with Gasteiger partial charge < -0.3 is 14.2 Å². The fourth-order valence-corrected chi connectivity index (χ4v) is 2.20. The third-order valence-electron chi connectivity index (χ3n) is 3.62. The summed E-state index contributed by atoms with van der Waals surface area (Å²) < 4.78 is 15.6. The SMILES string of the molecule is COc1ccc(C(=O)OC(C)C(=O)c2ccc(C)cc2)c(OC)c1. The zero-order chi connectivity index (χ0) is 17.7. The molecule has 126 valence electrons. The summed E-state index contributed by atoms with van der Waals surface area (Å²) in [5.41, 5.74) is 1.80. The summed E-state index contributed by atoms with van der Waals surface area (Å²) >= 11 is 0. The number of ether oxygens (including phenoxy) is 3. The van der Waals surface area contributed by atoms with Crippen LogP contribution < -0.4 is 9.47 Å². The lowest BCUT2D eigenvalue weighted by Gasteiger charge is -2.14. The van der Waals surface area contributed by atoms with Crippen molar-refractivity contribution in [3.8, 4) is 11.5 Å². The topological polar surface area (TPSA) is 61.8 Å². The average Bonchev–Trinajstić information content (AvgIpc) is 2.60. The number of ketones is 1. The maximum atomic E-state index is 12.3. The third-order valence-corrected chi connectivity index (χ3v) is 3.62. The molecular formula is C19H20O5. The van der Waals surface area contributed by atoms with Gasteiger partial charge >= 0.3 is 5.97 Å². The van der Waals surface area contributed by atoms with E-state index in [1.54, 1.807) is 37.3 Å². The number of benzene rings is 2. The molecule has 0 fully saturated rings. The molecule has 2 aromatic carbocycles. The van der Waals surface area contributed by atoms with Crippen LogP contribution in [-0.2, 0) is 4.74 Å². The first kappa shape index (κ1) is 17.5. The molecule has 0 amide bonds. The van der Waals surface area contributed by atoms with Gasteiger partial charge in [-0.1, -0.05) is 29.8 Å². The van der Waals surface area contributed by atoms with Crippen molar-refractivity contribution in [2.24, 2.45) is 0 Å². The second kappa shape index (κ2) is 7.64. The van der Waals surface area contributed by atoms with Crippen LogP contribution in [0.25, 0.3) is 0 Å². The van der Waals surface area contributed by atoms with Crippen molar-refractivity contribution >= 4 is 11.8 Å². The van der Waals surface area contributed by atoms with E-state index in [-0.39, 0.29) is 11.3 Å². The van der Waals surface area contributed by atoms with Crippen molar-refractivity contribution in [3.63, 3.8) is 0 Å². The Balaban J connectivity index is 2.14. The van der Waals surface area contributed by atoms with E-state index in [0.29, 0.717) is 17.1 Å². The lowest BCUT2D eigenvalue weighted by atomic mass is 10.1. The molecule has 0 N–H and O–H groups in total. The number of methoxy groups -OCH3 is 2. The molecule has 24 heavy (non-hydrogen) atoms. The van der Waals surface area contributed by atoms with Gasteiger partial charge in [0, 0.05) is 11.6 Å². The molecule has 0 saturated carbocycles. The highest BCUT2D eigenvalue weighted by Crippen LogP contribution is 2.25. The number of aryl methyl sites for hydroxylation is 1. The van der Waals surface area contributed by atoms with Crippen LogP contribution in [0.2, 0.25) is 0 Å². The monoisotopic (exact) mass is 328 g/mol. The Morgan fingerprint density at radius 3 is 2.21 bits per heavy atom. The smallest absolute Gasteiger partial charge is 0.342 e. The fourth-order valence-electron chi connectivity index (χ4n) is 2.20. The standard InChI is InChI=1S/C19H20O5/c1-12-5-7-14(8-6-12)18(20)13(2)24-19(21)16-10-9-15(22-3)11-17(16)23-4/h5-11,13H,1-4H3. The quantitative estimate of drug-likeness (QED) is 0.600. The first-order valence-electron chi connectivity index (χ1n) is 7.50. The Kier molecular flexibility index (Phi) is 5.58. The van der Waals surface area contributed by atoms with Crippen LogP contribution in [0.5, 0.6) is 11.5 Å². The Hall–Kier alpha value is -2.82. The minimum Gasteiger partial charge on any atom is -0.497 e. The van der Waals surface area contributed by atoms with Gasteiger partial charge in [0.2, 0.25) is 5.78 Å². The molecule has 0 aliphatic carbocycles. The van der Waals surface area contributed by atoms with Gasteiger partial charge in [0.25, 0.3) is 0 Å². The van der Waals surface area contributed by atoms with E-state index < -0.39 is 12.1 Å². The summed E-state index contributed by atoms with van der Waals surface area (Å²) in [6.45, 7) is 3.49. The number of hydrogen-bond acceptors (Lipinski definition) is 5. The molecule has 5 nitrogen and oxygen atoms in total. The molecule has 0 radical (unpaired) electrons. The fraction of sp³-hybridized carbons (Fsp3) is 0.263. The van der Waals surface area contributed by atoms with Crippen molar-refractivity contribution < 1.29 is 23.8 Å². The molecule has 1 unspecified atom stereocenters. The minimum atomic E-state index is -0.896. The number of rotatable bonds is 6. The van der Waals surface area contributed by atoms with Crippen molar-refractivity contribution in [2.45, 2.75) is 20.0 Å². The van der Waals surface area contributed by atoms with Crippen molar-refractivity contribution in [1.29, 1.82) is 0 Å². The maximum Gasteiger partial charge on any atom is 0.342 e. The van der Waals surface area contributed by atoms with E-state index in [9.17, 15) is 9.59 Å². The molecule has 5 heteroatoms. The van der Waals surface area contributed by atoms with Crippen LogP contribution >= 0.6 is 0 Å². The molecule has 2 aromatic rings. The molecular weight excluding hydrogens is 308 g/mol. The van der Waals surface area contributed by atoms with E-state index >= 15 is 0 Å². The normalized spacial score (nSPS) is 11.5. The predicted octanol–water partition coefficient (Wildman–Crippen LogP) is 3.44. The van der Waals surface area contributed by atoms with Gasteiger partial charge in [-0.25, -0.2) is 4.79 Å². The highest BCUT2D eigenvalue weighted by atomic mass is 16.5. The number of Topliss-reactive ketones (excluding diaryl/α,β-unsaturated/α-hetero) is 1.